The van der Waals surface area contributed by atoms with Gasteiger partial charge in [-0.3, -0.25) is 0 Å². The Kier molecular flexibility index (Phi) is 3.18. The number of halogens is 3. The van der Waals surface area contributed by atoms with Crippen LogP contribution in [0.15, 0.2) is 6.07 Å². The Morgan fingerprint density at radius 3 is 2.42 bits per heavy atom. The van der Waals surface area contributed by atoms with Gasteiger partial charge < -0.3 is 5.11 Å². The number of aliphatic hydroxyl groups is 1. The van der Waals surface area contributed by atoms with E-state index in [-0.39, 0.29) is 10.3 Å². The third-order valence-corrected chi connectivity index (χ3v) is 2.14. The molecule has 0 aliphatic carbocycles. The van der Waals surface area contributed by atoms with Gasteiger partial charge in [0.2, 0.25) is 0 Å². The van der Waals surface area contributed by atoms with E-state index in [1.54, 1.807) is 6.92 Å². The lowest BCUT2D eigenvalue weighted by atomic mass is 10.2. The van der Waals surface area contributed by atoms with Gasteiger partial charge in [-0.25, -0.2) is 4.98 Å². The molecule has 1 heterocycles. The first-order valence-corrected chi connectivity index (χ1v) is 4.35. The van der Waals surface area contributed by atoms with Crippen molar-refractivity contribution >= 4 is 34.8 Å². The average Bonchev–Trinajstić information content (AvgIpc) is 1.82. The molecule has 0 amide bonds. The van der Waals surface area contributed by atoms with Crippen LogP contribution in [0.1, 0.15) is 18.6 Å². The molecular weight excluding hydrogens is 220 g/mol. The molecule has 1 rings (SSSR count). The molecule has 0 aromatic carbocycles. The number of hydrogen-bond donors (Lipinski definition) is 1. The number of rotatable bonds is 1. The molecule has 0 radical (unpaired) electrons. The van der Waals surface area contributed by atoms with E-state index in [2.05, 4.69) is 4.98 Å². The molecule has 0 saturated carbocycles. The number of aliphatic hydroxyl groups excluding tert-OH is 1. The summed E-state index contributed by atoms with van der Waals surface area (Å²) in [5.41, 5.74) is 0.405. The third kappa shape index (κ3) is 2.02. The minimum absolute atomic E-state index is 0.141. The molecule has 0 aliphatic heterocycles. The van der Waals surface area contributed by atoms with Crippen molar-refractivity contribution in [1.82, 2.24) is 4.98 Å². The van der Waals surface area contributed by atoms with Crippen LogP contribution >= 0.6 is 34.8 Å². The molecule has 1 aromatic heterocycles. The summed E-state index contributed by atoms with van der Waals surface area (Å²) in [6.45, 7) is 1.56. The molecular formula is C7H6Cl3NO. The Balaban J connectivity index is 3.28. The predicted octanol–water partition coefficient (Wildman–Crippen LogP) is 3.10. The fourth-order valence-electron chi connectivity index (χ4n) is 0.839. The maximum atomic E-state index is 9.22. The lowest BCUT2D eigenvalue weighted by Crippen LogP contribution is -1.96. The van der Waals surface area contributed by atoms with E-state index in [4.69, 9.17) is 34.8 Å². The molecule has 1 N–H and O–H groups in total. The zero-order chi connectivity index (χ0) is 9.30. The summed E-state index contributed by atoms with van der Waals surface area (Å²) in [5, 5.41) is 9.91. The quantitative estimate of drug-likeness (QED) is 0.747. The molecule has 0 fully saturated rings. The van der Waals surface area contributed by atoms with Gasteiger partial charge in [-0.05, 0) is 13.0 Å². The summed E-state index contributed by atoms with van der Waals surface area (Å²) in [6.07, 6.45) is -0.741. The summed E-state index contributed by atoms with van der Waals surface area (Å²) in [7, 11) is 0. The van der Waals surface area contributed by atoms with Gasteiger partial charge in [-0.1, -0.05) is 34.8 Å². The summed E-state index contributed by atoms with van der Waals surface area (Å²) in [5.74, 6) is 0. The van der Waals surface area contributed by atoms with Crippen molar-refractivity contribution in [1.29, 1.82) is 0 Å². The maximum Gasteiger partial charge on any atom is 0.138 e. The fraction of sp³-hybridized carbons (Fsp3) is 0.286. The van der Waals surface area contributed by atoms with E-state index in [1.165, 1.54) is 6.07 Å². The van der Waals surface area contributed by atoms with Crippen molar-refractivity contribution in [2.45, 2.75) is 13.0 Å². The number of aromatic nitrogens is 1. The van der Waals surface area contributed by atoms with Gasteiger partial charge in [-0.2, -0.15) is 0 Å². The van der Waals surface area contributed by atoms with Crippen LogP contribution in [0.5, 0.6) is 0 Å². The first-order chi connectivity index (χ1) is 5.52. The van der Waals surface area contributed by atoms with E-state index in [1.807, 2.05) is 0 Å². The van der Waals surface area contributed by atoms with Crippen LogP contribution in [0, 0.1) is 0 Å². The second-order valence-corrected chi connectivity index (χ2v) is 3.46. The topological polar surface area (TPSA) is 33.1 Å². The summed E-state index contributed by atoms with van der Waals surface area (Å²) < 4.78 is 0. The van der Waals surface area contributed by atoms with Gasteiger partial charge in [0.05, 0.1) is 11.1 Å². The van der Waals surface area contributed by atoms with Gasteiger partial charge in [0.1, 0.15) is 10.3 Å². The fourth-order valence-corrected chi connectivity index (χ4v) is 1.88. The highest BCUT2D eigenvalue weighted by Gasteiger charge is 2.13. The Bertz CT molecular complexity index is 278. The van der Waals surface area contributed by atoms with Crippen molar-refractivity contribution in [3.63, 3.8) is 0 Å². The highest BCUT2D eigenvalue weighted by Crippen LogP contribution is 2.30. The van der Waals surface area contributed by atoms with Crippen molar-refractivity contribution in [2.75, 3.05) is 0 Å². The van der Waals surface area contributed by atoms with Crippen LogP contribution in [0.3, 0.4) is 0 Å². The van der Waals surface area contributed by atoms with E-state index in [0.717, 1.165) is 0 Å². The molecule has 1 aromatic rings. The number of pyridine rings is 1. The lowest BCUT2D eigenvalue weighted by molar-refractivity contribution is 0.199. The van der Waals surface area contributed by atoms with Crippen molar-refractivity contribution in [3.8, 4) is 0 Å². The molecule has 0 spiro atoms. The van der Waals surface area contributed by atoms with E-state index in [9.17, 15) is 5.11 Å². The van der Waals surface area contributed by atoms with Crippen LogP contribution in [0.2, 0.25) is 15.3 Å². The normalized spacial score (nSPS) is 13.1. The van der Waals surface area contributed by atoms with E-state index in [0.29, 0.717) is 10.6 Å². The van der Waals surface area contributed by atoms with Gasteiger partial charge in [-0.15, -0.1) is 0 Å². The van der Waals surface area contributed by atoms with Gasteiger partial charge in [0.15, 0.2) is 0 Å². The van der Waals surface area contributed by atoms with E-state index < -0.39 is 6.10 Å². The molecule has 5 heteroatoms. The largest absolute Gasteiger partial charge is 0.389 e. The smallest absolute Gasteiger partial charge is 0.138 e. The molecule has 12 heavy (non-hydrogen) atoms. The predicted molar refractivity (Wildman–Crippen MR) is 49.9 cm³/mol. The Hall–Kier alpha value is -0.0200. The highest BCUT2D eigenvalue weighted by molar-refractivity contribution is 6.37. The third-order valence-electron chi connectivity index (χ3n) is 1.35. The zero-order valence-electron chi connectivity index (χ0n) is 6.18. The second-order valence-electron chi connectivity index (χ2n) is 2.31. The van der Waals surface area contributed by atoms with Crippen molar-refractivity contribution < 1.29 is 5.11 Å². The first-order valence-electron chi connectivity index (χ1n) is 3.22. The average molecular weight is 226 g/mol. The van der Waals surface area contributed by atoms with Gasteiger partial charge in [0, 0.05) is 5.56 Å². The highest BCUT2D eigenvalue weighted by atomic mass is 35.5. The number of hydrogen-bond acceptors (Lipinski definition) is 2. The van der Waals surface area contributed by atoms with Gasteiger partial charge >= 0.3 is 0 Å². The monoisotopic (exact) mass is 225 g/mol. The second kappa shape index (κ2) is 3.79. The standard InChI is InChI=1S/C7H6Cl3NO/c1-3(12)6-4(8)2-5(9)11-7(6)10/h2-3,12H,1H3. The number of nitrogens with zero attached hydrogens (tertiary/aromatic N) is 1. The molecule has 0 aliphatic rings. The molecule has 0 saturated heterocycles. The van der Waals surface area contributed by atoms with E-state index >= 15 is 0 Å². The molecule has 1 atom stereocenters. The first kappa shape index (κ1) is 10.1. The van der Waals surface area contributed by atoms with Crippen LogP contribution in [0.4, 0.5) is 0 Å². The molecule has 2 nitrogen and oxygen atoms in total. The van der Waals surface area contributed by atoms with Crippen LogP contribution < -0.4 is 0 Å². The summed E-state index contributed by atoms with van der Waals surface area (Å²) >= 11 is 17.0. The summed E-state index contributed by atoms with van der Waals surface area (Å²) in [4.78, 5) is 3.74. The van der Waals surface area contributed by atoms with Crippen molar-refractivity contribution in [3.05, 3.63) is 27.0 Å². The van der Waals surface area contributed by atoms with Crippen LogP contribution in [0.25, 0.3) is 0 Å². The lowest BCUT2D eigenvalue weighted by Gasteiger charge is -2.08. The maximum absolute atomic E-state index is 9.22. The minimum atomic E-state index is -0.741. The Morgan fingerprint density at radius 1 is 1.42 bits per heavy atom. The van der Waals surface area contributed by atoms with Crippen molar-refractivity contribution in [2.24, 2.45) is 0 Å². The Morgan fingerprint density at radius 2 is 2.00 bits per heavy atom. The van der Waals surface area contributed by atoms with Crippen LogP contribution in [-0.2, 0) is 0 Å². The van der Waals surface area contributed by atoms with Gasteiger partial charge in [0.25, 0.3) is 0 Å². The Labute approximate surface area is 85.1 Å². The SMILES string of the molecule is CC(O)c1c(Cl)cc(Cl)nc1Cl. The zero-order valence-corrected chi connectivity index (χ0v) is 8.45. The molecule has 1 unspecified atom stereocenters. The summed E-state index contributed by atoms with van der Waals surface area (Å²) in [6, 6.07) is 1.44. The minimum Gasteiger partial charge on any atom is -0.389 e. The molecule has 0 bridgehead atoms. The van der Waals surface area contributed by atoms with Crippen LogP contribution in [-0.4, -0.2) is 10.1 Å². The molecule has 66 valence electrons.